The Kier molecular flexibility index (Phi) is 5.54. The van der Waals surface area contributed by atoms with Gasteiger partial charge in [-0.15, -0.1) is 0 Å². The first-order valence-electron chi connectivity index (χ1n) is 11.7. The highest BCUT2D eigenvalue weighted by molar-refractivity contribution is 5.89. The Balaban J connectivity index is 1.32. The van der Waals surface area contributed by atoms with Gasteiger partial charge in [0.2, 0.25) is 18.6 Å². The van der Waals surface area contributed by atoms with E-state index in [0.717, 1.165) is 62.7 Å². The number of carbonyl (C=O) groups excluding carboxylic acids is 2. The lowest BCUT2D eigenvalue weighted by Gasteiger charge is -2.44. The molecule has 1 saturated heterocycles. The van der Waals surface area contributed by atoms with Crippen molar-refractivity contribution in [3.63, 3.8) is 0 Å². The van der Waals surface area contributed by atoms with Gasteiger partial charge in [-0.05, 0) is 55.7 Å². The minimum atomic E-state index is -0.613. The van der Waals surface area contributed by atoms with Gasteiger partial charge in [-0.25, -0.2) is 0 Å². The summed E-state index contributed by atoms with van der Waals surface area (Å²) >= 11 is 0. The summed E-state index contributed by atoms with van der Waals surface area (Å²) in [4.78, 5) is 28.7. The van der Waals surface area contributed by atoms with Gasteiger partial charge in [0.05, 0.1) is 6.61 Å². The van der Waals surface area contributed by atoms with Crippen molar-refractivity contribution in [1.82, 2.24) is 10.2 Å². The highest BCUT2D eigenvalue weighted by Crippen LogP contribution is 2.44. The third kappa shape index (κ3) is 3.88. The number of rotatable bonds is 4. The number of fused-ring (bicyclic) bond motifs is 1. The van der Waals surface area contributed by atoms with Crippen LogP contribution >= 0.6 is 0 Å². The molecule has 1 aromatic carbocycles. The molecule has 3 atom stereocenters. The predicted molar refractivity (Wildman–Crippen MR) is 113 cm³/mol. The smallest absolute Gasteiger partial charge is 0.245 e. The summed E-state index contributed by atoms with van der Waals surface area (Å²) in [5, 5.41) is 3.03. The van der Waals surface area contributed by atoms with E-state index in [-0.39, 0.29) is 31.1 Å². The van der Waals surface area contributed by atoms with E-state index in [2.05, 4.69) is 12.2 Å². The Bertz CT molecular complexity index is 852. The summed E-state index contributed by atoms with van der Waals surface area (Å²) in [6.45, 7) is 3.10. The second kappa shape index (κ2) is 8.34. The van der Waals surface area contributed by atoms with Crippen LogP contribution in [0.1, 0.15) is 63.9 Å². The minimum absolute atomic E-state index is 0.0277. The van der Waals surface area contributed by atoms with Crippen LogP contribution in [0, 0.1) is 11.8 Å². The molecule has 2 saturated carbocycles. The number of hydrogen-bond donors (Lipinski definition) is 1. The van der Waals surface area contributed by atoms with Crippen LogP contribution < -0.4 is 14.8 Å². The minimum Gasteiger partial charge on any atom is -0.454 e. The van der Waals surface area contributed by atoms with Gasteiger partial charge in [-0.1, -0.05) is 32.3 Å². The summed E-state index contributed by atoms with van der Waals surface area (Å²) in [5.74, 6) is 1.92. The van der Waals surface area contributed by atoms with Crippen molar-refractivity contribution < 1.29 is 23.8 Å². The van der Waals surface area contributed by atoms with Gasteiger partial charge >= 0.3 is 0 Å². The topological polar surface area (TPSA) is 77.1 Å². The molecular weight excluding hydrogens is 396 g/mol. The normalized spacial score (nSPS) is 30.2. The first-order chi connectivity index (χ1) is 15.1. The summed E-state index contributed by atoms with van der Waals surface area (Å²) in [5.41, 5.74) is 0.323. The zero-order chi connectivity index (χ0) is 21.4. The maximum Gasteiger partial charge on any atom is 0.245 e. The molecule has 0 bridgehead atoms. The molecule has 168 valence electrons. The fourth-order valence-corrected chi connectivity index (χ4v) is 5.76. The van der Waals surface area contributed by atoms with Crippen molar-refractivity contribution in [1.29, 1.82) is 0 Å². The molecule has 2 aliphatic carbocycles. The van der Waals surface area contributed by atoms with Crippen molar-refractivity contribution in [2.75, 3.05) is 13.4 Å². The fourth-order valence-electron chi connectivity index (χ4n) is 5.76. The van der Waals surface area contributed by atoms with Crippen molar-refractivity contribution in [2.24, 2.45) is 11.8 Å². The summed E-state index contributed by atoms with van der Waals surface area (Å²) in [6, 6.07) is 5.11. The molecule has 3 fully saturated rings. The predicted octanol–water partition coefficient (Wildman–Crippen LogP) is 3.36. The van der Waals surface area contributed by atoms with E-state index in [1.54, 1.807) is 0 Å². The third-order valence-electron chi connectivity index (χ3n) is 7.34. The van der Waals surface area contributed by atoms with E-state index >= 15 is 0 Å². The van der Waals surface area contributed by atoms with Crippen LogP contribution in [0.15, 0.2) is 18.2 Å². The van der Waals surface area contributed by atoms with Gasteiger partial charge in [-0.2, -0.15) is 0 Å². The van der Waals surface area contributed by atoms with E-state index in [4.69, 9.17) is 14.2 Å². The molecule has 2 heterocycles. The average molecular weight is 429 g/mol. The van der Waals surface area contributed by atoms with E-state index in [0.29, 0.717) is 18.2 Å². The van der Waals surface area contributed by atoms with Crippen LogP contribution in [0.2, 0.25) is 0 Å². The lowest BCUT2D eigenvalue weighted by molar-refractivity contribution is -0.166. The quantitative estimate of drug-likeness (QED) is 0.796. The monoisotopic (exact) mass is 428 g/mol. The molecule has 2 aliphatic heterocycles. The Morgan fingerprint density at radius 3 is 2.74 bits per heavy atom. The molecule has 0 unspecified atom stereocenters. The maximum atomic E-state index is 13.6. The number of hydrogen-bond acceptors (Lipinski definition) is 5. The van der Waals surface area contributed by atoms with E-state index in [1.807, 2.05) is 23.1 Å². The average Bonchev–Trinajstić information content (AvgIpc) is 3.51. The van der Waals surface area contributed by atoms with E-state index in [1.165, 1.54) is 0 Å². The molecule has 7 nitrogen and oxygen atoms in total. The van der Waals surface area contributed by atoms with Crippen molar-refractivity contribution in [3.05, 3.63) is 23.8 Å². The van der Waals surface area contributed by atoms with Gasteiger partial charge in [-0.3, -0.25) is 14.5 Å². The van der Waals surface area contributed by atoms with Crippen LogP contribution in [0.5, 0.6) is 11.5 Å². The zero-order valence-electron chi connectivity index (χ0n) is 18.2. The Morgan fingerprint density at radius 1 is 1.13 bits per heavy atom. The van der Waals surface area contributed by atoms with Gasteiger partial charge in [0.25, 0.3) is 0 Å². The lowest BCUT2D eigenvalue weighted by atomic mass is 9.82. The van der Waals surface area contributed by atoms with Crippen molar-refractivity contribution >= 4 is 11.8 Å². The molecule has 31 heavy (non-hydrogen) atoms. The third-order valence-corrected chi connectivity index (χ3v) is 7.34. The molecule has 0 radical (unpaired) electrons. The van der Waals surface area contributed by atoms with Crippen molar-refractivity contribution in [3.8, 4) is 11.5 Å². The maximum absolute atomic E-state index is 13.6. The van der Waals surface area contributed by atoms with Gasteiger partial charge < -0.3 is 19.5 Å². The summed E-state index contributed by atoms with van der Waals surface area (Å²) < 4.78 is 17.1. The van der Waals surface area contributed by atoms with Gasteiger partial charge in [0.15, 0.2) is 11.5 Å². The highest BCUT2D eigenvalue weighted by Gasteiger charge is 2.54. The number of amides is 2. The van der Waals surface area contributed by atoms with Crippen molar-refractivity contribution in [2.45, 2.75) is 76.6 Å². The standard InChI is InChI=1S/C24H32N2O5/c1-16-5-4-10-24(12-16)26(23(28)18-6-2-3-7-18)19(14-31-24)22(27)25-13-17-8-9-20-21(11-17)30-15-29-20/h8-9,11,16,18-19H,2-7,10,12-15H2,1H3,(H,25,27)/t16-,19+,24-/m1/s1. The van der Waals surface area contributed by atoms with Gasteiger partial charge in [0, 0.05) is 12.5 Å². The summed E-state index contributed by atoms with van der Waals surface area (Å²) in [7, 11) is 0. The summed E-state index contributed by atoms with van der Waals surface area (Å²) in [6.07, 6.45) is 7.85. The number of benzene rings is 1. The fraction of sp³-hybridized carbons (Fsp3) is 0.667. The van der Waals surface area contributed by atoms with Crippen LogP contribution in [0.4, 0.5) is 0 Å². The Labute approximate surface area is 183 Å². The number of nitrogens with zero attached hydrogens (tertiary/aromatic N) is 1. The Morgan fingerprint density at radius 2 is 1.94 bits per heavy atom. The molecule has 1 spiro atoms. The molecule has 4 aliphatic rings. The van der Waals surface area contributed by atoms with E-state index < -0.39 is 11.8 Å². The molecule has 0 aromatic heterocycles. The molecule has 7 heteroatoms. The molecular formula is C24H32N2O5. The van der Waals surface area contributed by atoms with Crippen LogP contribution in [-0.2, 0) is 20.9 Å². The first-order valence-corrected chi connectivity index (χ1v) is 11.7. The SMILES string of the molecule is C[C@@H]1CCC[C@]2(C1)OC[C@@H](C(=O)NCc1ccc3c(c1)OCO3)N2C(=O)C1CCCC1. The lowest BCUT2D eigenvalue weighted by Crippen LogP contribution is -2.58. The molecule has 1 N–H and O–H groups in total. The molecule has 1 aromatic rings. The second-order valence-corrected chi connectivity index (χ2v) is 9.57. The molecule has 2 amide bonds. The zero-order valence-corrected chi connectivity index (χ0v) is 18.2. The highest BCUT2D eigenvalue weighted by atomic mass is 16.7. The number of nitrogens with one attached hydrogen (secondary N) is 1. The van der Waals surface area contributed by atoms with Crippen LogP contribution in [0.3, 0.4) is 0 Å². The number of ether oxygens (including phenoxy) is 3. The van der Waals surface area contributed by atoms with E-state index in [9.17, 15) is 9.59 Å². The van der Waals surface area contributed by atoms with Crippen LogP contribution in [0.25, 0.3) is 0 Å². The first kappa shape index (κ1) is 20.6. The largest absolute Gasteiger partial charge is 0.454 e. The second-order valence-electron chi connectivity index (χ2n) is 9.57. The van der Waals surface area contributed by atoms with Crippen LogP contribution in [-0.4, -0.2) is 41.9 Å². The number of carbonyl (C=O) groups is 2. The molecule has 5 rings (SSSR count). The van der Waals surface area contributed by atoms with Gasteiger partial charge in [0.1, 0.15) is 11.8 Å². The Hall–Kier alpha value is -2.28.